The molecule has 0 spiro atoms. The lowest BCUT2D eigenvalue weighted by Crippen LogP contribution is -2.38. The van der Waals surface area contributed by atoms with Gasteiger partial charge in [-0.1, -0.05) is 0 Å². The largest absolute Gasteiger partial charge is 0.494 e. The van der Waals surface area contributed by atoms with E-state index in [0.29, 0.717) is 11.4 Å². The van der Waals surface area contributed by atoms with Crippen molar-refractivity contribution in [1.82, 2.24) is 4.90 Å². The van der Waals surface area contributed by atoms with Gasteiger partial charge in [-0.25, -0.2) is 0 Å². The Balaban J connectivity index is 1.83. The van der Waals surface area contributed by atoms with E-state index in [4.69, 9.17) is 9.47 Å². The standard InChI is InChI=1S/C13H19N3O3/c1-18-13-10-11(2-3-12(13)15-17)14-4-5-16-6-8-19-9-7-16/h2-3,10,14H,4-9H2,1H3. The number of nitroso groups, excluding NO2 is 1. The van der Waals surface area contributed by atoms with E-state index in [1.54, 1.807) is 12.1 Å². The smallest absolute Gasteiger partial charge is 0.150 e. The van der Waals surface area contributed by atoms with Crippen molar-refractivity contribution in [2.45, 2.75) is 0 Å². The summed E-state index contributed by atoms with van der Waals surface area (Å²) >= 11 is 0. The molecule has 1 aliphatic heterocycles. The number of morpholine rings is 1. The quantitative estimate of drug-likeness (QED) is 0.795. The van der Waals surface area contributed by atoms with Gasteiger partial charge >= 0.3 is 0 Å². The third-order valence-electron chi connectivity index (χ3n) is 3.14. The van der Waals surface area contributed by atoms with E-state index < -0.39 is 0 Å². The molecule has 0 amide bonds. The van der Waals surface area contributed by atoms with Crippen molar-refractivity contribution in [3.05, 3.63) is 23.1 Å². The molecule has 1 saturated heterocycles. The summed E-state index contributed by atoms with van der Waals surface area (Å²) in [6.45, 7) is 5.41. The zero-order valence-corrected chi connectivity index (χ0v) is 11.1. The van der Waals surface area contributed by atoms with Gasteiger partial charge in [0.2, 0.25) is 0 Å². The summed E-state index contributed by atoms with van der Waals surface area (Å²) < 4.78 is 10.4. The molecule has 19 heavy (non-hydrogen) atoms. The monoisotopic (exact) mass is 265 g/mol. The van der Waals surface area contributed by atoms with Gasteiger partial charge in [-0.3, -0.25) is 4.90 Å². The molecule has 1 heterocycles. The van der Waals surface area contributed by atoms with E-state index in [9.17, 15) is 4.91 Å². The van der Waals surface area contributed by atoms with Crippen LogP contribution >= 0.6 is 0 Å². The topological polar surface area (TPSA) is 63.2 Å². The molecule has 0 bridgehead atoms. The van der Waals surface area contributed by atoms with E-state index >= 15 is 0 Å². The maximum Gasteiger partial charge on any atom is 0.150 e. The Morgan fingerprint density at radius 3 is 2.89 bits per heavy atom. The van der Waals surface area contributed by atoms with Gasteiger partial charge in [-0.05, 0) is 17.3 Å². The molecular weight excluding hydrogens is 246 g/mol. The molecule has 1 N–H and O–H groups in total. The minimum Gasteiger partial charge on any atom is -0.494 e. The highest BCUT2D eigenvalue weighted by atomic mass is 16.5. The van der Waals surface area contributed by atoms with Crippen LogP contribution in [0.15, 0.2) is 23.4 Å². The van der Waals surface area contributed by atoms with Gasteiger partial charge in [0.25, 0.3) is 0 Å². The molecule has 2 rings (SSSR count). The summed E-state index contributed by atoms with van der Waals surface area (Å²) in [7, 11) is 1.53. The third-order valence-corrected chi connectivity index (χ3v) is 3.14. The van der Waals surface area contributed by atoms with Crippen LogP contribution in [-0.4, -0.2) is 51.4 Å². The van der Waals surface area contributed by atoms with Crippen molar-refractivity contribution in [2.24, 2.45) is 5.18 Å². The summed E-state index contributed by atoms with van der Waals surface area (Å²) in [4.78, 5) is 12.9. The Bertz CT molecular complexity index is 420. The van der Waals surface area contributed by atoms with Gasteiger partial charge in [0.1, 0.15) is 11.4 Å². The lowest BCUT2D eigenvalue weighted by Gasteiger charge is -2.26. The van der Waals surface area contributed by atoms with Crippen molar-refractivity contribution < 1.29 is 9.47 Å². The van der Waals surface area contributed by atoms with Gasteiger partial charge in [-0.15, -0.1) is 4.91 Å². The fraction of sp³-hybridized carbons (Fsp3) is 0.538. The van der Waals surface area contributed by atoms with Gasteiger partial charge < -0.3 is 14.8 Å². The summed E-state index contributed by atoms with van der Waals surface area (Å²) in [6, 6.07) is 5.28. The second-order valence-electron chi connectivity index (χ2n) is 4.36. The Morgan fingerprint density at radius 1 is 1.42 bits per heavy atom. The summed E-state index contributed by atoms with van der Waals surface area (Å²) in [5.74, 6) is 0.492. The van der Waals surface area contributed by atoms with Crippen LogP contribution in [-0.2, 0) is 4.74 Å². The highest BCUT2D eigenvalue weighted by molar-refractivity contribution is 5.60. The number of ether oxygens (including phenoxy) is 2. The molecule has 6 heteroatoms. The van der Waals surface area contributed by atoms with Crippen LogP contribution in [0.4, 0.5) is 11.4 Å². The minimum atomic E-state index is 0.321. The second-order valence-corrected chi connectivity index (χ2v) is 4.36. The van der Waals surface area contributed by atoms with Crippen molar-refractivity contribution in [3.8, 4) is 5.75 Å². The van der Waals surface area contributed by atoms with Crippen molar-refractivity contribution in [3.63, 3.8) is 0 Å². The fourth-order valence-electron chi connectivity index (χ4n) is 2.05. The molecular formula is C13H19N3O3. The first-order valence-electron chi connectivity index (χ1n) is 6.39. The van der Waals surface area contributed by atoms with E-state index in [2.05, 4.69) is 15.4 Å². The van der Waals surface area contributed by atoms with Gasteiger partial charge in [-0.2, -0.15) is 0 Å². The Kier molecular flexibility index (Phi) is 5.11. The van der Waals surface area contributed by atoms with E-state index in [1.165, 1.54) is 7.11 Å². The lowest BCUT2D eigenvalue weighted by molar-refractivity contribution is 0.0398. The molecule has 104 valence electrons. The van der Waals surface area contributed by atoms with E-state index in [1.807, 2.05) is 6.07 Å². The number of nitrogens with zero attached hydrogens (tertiary/aromatic N) is 2. The summed E-state index contributed by atoms with van der Waals surface area (Å²) in [5, 5.41) is 6.22. The third kappa shape index (κ3) is 3.90. The van der Waals surface area contributed by atoms with Gasteiger partial charge in [0, 0.05) is 37.9 Å². The van der Waals surface area contributed by atoms with Crippen molar-refractivity contribution in [2.75, 3.05) is 51.8 Å². The average molecular weight is 265 g/mol. The lowest BCUT2D eigenvalue weighted by atomic mass is 10.2. The van der Waals surface area contributed by atoms with Crippen LogP contribution < -0.4 is 10.1 Å². The Morgan fingerprint density at radius 2 is 2.21 bits per heavy atom. The molecule has 0 aromatic heterocycles. The van der Waals surface area contributed by atoms with Gasteiger partial charge in [0.15, 0.2) is 0 Å². The first kappa shape index (κ1) is 13.8. The van der Waals surface area contributed by atoms with Crippen LogP contribution in [0.5, 0.6) is 5.75 Å². The van der Waals surface area contributed by atoms with Crippen LogP contribution in [0.2, 0.25) is 0 Å². The molecule has 0 aliphatic carbocycles. The maximum atomic E-state index is 10.5. The predicted molar refractivity (Wildman–Crippen MR) is 74.2 cm³/mol. The first-order valence-corrected chi connectivity index (χ1v) is 6.39. The Hall–Kier alpha value is -1.66. The fourth-order valence-corrected chi connectivity index (χ4v) is 2.05. The molecule has 0 atom stereocenters. The SMILES string of the molecule is COc1cc(NCCN2CCOCC2)ccc1N=O. The number of hydrogen-bond acceptors (Lipinski definition) is 6. The Labute approximate surface area is 112 Å². The molecule has 0 unspecified atom stereocenters. The molecule has 1 fully saturated rings. The molecule has 1 aromatic rings. The van der Waals surface area contributed by atoms with E-state index in [-0.39, 0.29) is 0 Å². The normalized spacial score (nSPS) is 16.1. The highest BCUT2D eigenvalue weighted by Gasteiger charge is 2.09. The number of anilines is 1. The van der Waals surface area contributed by atoms with Crippen molar-refractivity contribution >= 4 is 11.4 Å². The van der Waals surface area contributed by atoms with Crippen LogP contribution in [0, 0.1) is 4.91 Å². The average Bonchev–Trinajstić information content (AvgIpc) is 2.48. The number of benzene rings is 1. The minimum absolute atomic E-state index is 0.321. The second kappa shape index (κ2) is 7.06. The summed E-state index contributed by atoms with van der Waals surface area (Å²) in [6.07, 6.45) is 0. The zero-order chi connectivity index (χ0) is 13.5. The number of methoxy groups -OCH3 is 1. The number of nitrogens with one attached hydrogen (secondary N) is 1. The first-order chi connectivity index (χ1) is 9.33. The predicted octanol–water partition coefficient (Wildman–Crippen LogP) is 1.84. The molecule has 1 aromatic carbocycles. The molecule has 1 aliphatic rings. The molecule has 0 radical (unpaired) electrons. The summed E-state index contributed by atoms with van der Waals surface area (Å²) in [5.41, 5.74) is 1.25. The molecule has 0 saturated carbocycles. The number of hydrogen-bond donors (Lipinski definition) is 1. The van der Waals surface area contributed by atoms with Crippen LogP contribution in [0.25, 0.3) is 0 Å². The molecule has 6 nitrogen and oxygen atoms in total. The maximum absolute atomic E-state index is 10.5. The van der Waals surface area contributed by atoms with Gasteiger partial charge in [0.05, 0.1) is 20.3 Å². The highest BCUT2D eigenvalue weighted by Crippen LogP contribution is 2.29. The van der Waals surface area contributed by atoms with E-state index in [0.717, 1.165) is 45.1 Å². The van der Waals surface area contributed by atoms with Crippen LogP contribution in [0.3, 0.4) is 0 Å². The van der Waals surface area contributed by atoms with Crippen molar-refractivity contribution in [1.29, 1.82) is 0 Å². The number of rotatable bonds is 6. The van der Waals surface area contributed by atoms with Crippen LogP contribution in [0.1, 0.15) is 0 Å². The zero-order valence-electron chi connectivity index (χ0n) is 11.1.